The fourth-order valence-corrected chi connectivity index (χ4v) is 1.58. The molecule has 1 aliphatic heterocycles. The minimum atomic E-state index is -0.474. The molecule has 1 amide bonds. The lowest BCUT2D eigenvalue weighted by Gasteiger charge is -2.38. The number of nitrogens with two attached hydrogens (primary N) is 1. The minimum Gasteiger partial charge on any atom is -0.444 e. The zero-order valence-corrected chi connectivity index (χ0v) is 10.5. The largest absolute Gasteiger partial charge is 0.444 e. The van der Waals surface area contributed by atoms with E-state index in [1.807, 2.05) is 27.7 Å². The first-order valence-electron chi connectivity index (χ1n) is 5.65. The van der Waals surface area contributed by atoms with Gasteiger partial charge in [-0.3, -0.25) is 4.90 Å². The van der Waals surface area contributed by atoms with Gasteiger partial charge in [0.05, 0.1) is 25.3 Å². The van der Waals surface area contributed by atoms with E-state index in [0.29, 0.717) is 19.7 Å². The normalized spacial score (nSPS) is 26.7. The Labute approximate surface area is 96.9 Å². The molecule has 0 aromatic carbocycles. The lowest BCUT2D eigenvalue weighted by molar-refractivity contribution is -0.0609. The highest BCUT2D eigenvalue weighted by Gasteiger charge is 2.32. The first kappa shape index (κ1) is 13.3. The van der Waals surface area contributed by atoms with Crippen LogP contribution in [0.25, 0.3) is 0 Å². The van der Waals surface area contributed by atoms with Crippen LogP contribution in [-0.4, -0.2) is 48.4 Å². The standard InChI is InChI=1S/C11H22N2O3/c1-8-6-13(9(5-12)7-15-8)10(14)16-11(2,3)4/h8-9H,5-7,12H2,1-4H3/t8-,9-/m1/s1. The molecule has 0 aromatic rings. The van der Waals surface area contributed by atoms with Gasteiger partial charge in [-0.1, -0.05) is 0 Å². The second-order valence-corrected chi connectivity index (χ2v) is 5.17. The van der Waals surface area contributed by atoms with Crippen molar-refractivity contribution in [2.24, 2.45) is 5.73 Å². The number of carbonyl (C=O) groups excluding carboxylic acids is 1. The lowest BCUT2D eigenvalue weighted by atomic mass is 10.2. The molecular formula is C11H22N2O3. The first-order chi connectivity index (χ1) is 7.33. The smallest absolute Gasteiger partial charge is 0.410 e. The number of nitrogens with zero attached hydrogens (tertiary/aromatic N) is 1. The highest BCUT2D eigenvalue weighted by atomic mass is 16.6. The molecule has 5 heteroatoms. The van der Waals surface area contributed by atoms with Crippen LogP contribution in [0.15, 0.2) is 0 Å². The molecule has 0 spiro atoms. The maximum Gasteiger partial charge on any atom is 0.410 e. The average molecular weight is 230 g/mol. The van der Waals surface area contributed by atoms with Gasteiger partial charge >= 0.3 is 6.09 Å². The Hall–Kier alpha value is -0.810. The summed E-state index contributed by atoms with van der Waals surface area (Å²) in [6.07, 6.45) is -0.270. The Balaban J connectivity index is 2.63. The summed E-state index contributed by atoms with van der Waals surface area (Å²) in [6, 6.07) is -0.0777. The van der Waals surface area contributed by atoms with Crippen molar-refractivity contribution in [2.75, 3.05) is 19.7 Å². The topological polar surface area (TPSA) is 64.8 Å². The van der Waals surface area contributed by atoms with Crippen molar-refractivity contribution >= 4 is 6.09 Å². The molecule has 1 fully saturated rings. The Morgan fingerprint density at radius 2 is 2.19 bits per heavy atom. The molecule has 2 N–H and O–H groups in total. The molecule has 1 heterocycles. The molecule has 16 heavy (non-hydrogen) atoms. The molecule has 2 atom stereocenters. The third-order valence-electron chi connectivity index (χ3n) is 2.37. The van der Waals surface area contributed by atoms with Gasteiger partial charge in [0.2, 0.25) is 0 Å². The number of amides is 1. The molecule has 5 nitrogen and oxygen atoms in total. The number of rotatable bonds is 1. The van der Waals surface area contributed by atoms with E-state index in [2.05, 4.69) is 0 Å². The van der Waals surface area contributed by atoms with Crippen LogP contribution in [0.4, 0.5) is 4.79 Å². The molecule has 0 unspecified atom stereocenters. The molecular weight excluding hydrogens is 208 g/mol. The minimum absolute atomic E-state index is 0.0373. The van der Waals surface area contributed by atoms with Crippen LogP contribution in [-0.2, 0) is 9.47 Å². The van der Waals surface area contributed by atoms with E-state index in [0.717, 1.165) is 0 Å². The van der Waals surface area contributed by atoms with Crippen molar-refractivity contribution in [1.82, 2.24) is 4.90 Å². The van der Waals surface area contributed by atoms with Crippen molar-refractivity contribution in [1.29, 1.82) is 0 Å². The summed E-state index contributed by atoms with van der Waals surface area (Å²) in [5.74, 6) is 0. The van der Waals surface area contributed by atoms with Crippen molar-refractivity contribution in [2.45, 2.75) is 45.4 Å². The Morgan fingerprint density at radius 1 is 1.56 bits per heavy atom. The molecule has 0 saturated carbocycles. The van der Waals surface area contributed by atoms with Crippen LogP contribution >= 0.6 is 0 Å². The fourth-order valence-electron chi connectivity index (χ4n) is 1.58. The van der Waals surface area contributed by atoms with E-state index in [1.54, 1.807) is 4.90 Å². The van der Waals surface area contributed by atoms with Gasteiger partial charge in [0.25, 0.3) is 0 Å². The molecule has 0 aromatic heterocycles. The second kappa shape index (κ2) is 5.01. The number of hydrogen-bond donors (Lipinski definition) is 1. The van der Waals surface area contributed by atoms with Crippen molar-refractivity contribution in [3.8, 4) is 0 Å². The number of ether oxygens (including phenoxy) is 2. The zero-order valence-electron chi connectivity index (χ0n) is 10.5. The zero-order chi connectivity index (χ0) is 12.3. The Kier molecular flexibility index (Phi) is 4.15. The van der Waals surface area contributed by atoms with Gasteiger partial charge in [-0.2, -0.15) is 0 Å². The highest BCUT2D eigenvalue weighted by molar-refractivity contribution is 5.68. The quantitative estimate of drug-likeness (QED) is 0.729. The van der Waals surface area contributed by atoms with Gasteiger partial charge in [0.15, 0.2) is 0 Å². The summed E-state index contributed by atoms with van der Waals surface area (Å²) in [7, 11) is 0. The van der Waals surface area contributed by atoms with Crippen molar-refractivity contribution in [3.05, 3.63) is 0 Å². The van der Waals surface area contributed by atoms with Gasteiger partial charge in [0.1, 0.15) is 5.60 Å². The average Bonchev–Trinajstić information content (AvgIpc) is 2.15. The van der Waals surface area contributed by atoms with Gasteiger partial charge in [-0.15, -0.1) is 0 Å². The lowest BCUT2D eigenvalue weighted by Crippen LogP contribution is -2.55. The van der Waals surface area contributed by atoms with E-state index < -0.39 is 5.60 Å². The number of morpholine rings is 1. The summed E-state index contributed by atoms with van der Waals surface area (Å²) >= 11 is 0. The van der Waals surface area contributed by atoms with Gasteiger partial charge in [0, 0.05) is 6.54 Å². The summed E-state index contributed by atoms with van der Waals surface area (Å²) in [6.45, 7) is 8.91. The maximum atomic E-state index is 11.9. The third-order valence-corrected chi connectivity index (χ3v) is 2.37. The third kappa shape index (κ3) is 3.64. The first-order valence-corrected chi connectivity index (χ1v) is 5.65. The molecule has 94 valence electrons. The summed E-state index contributed by atoms with van der Waals surface area (Å²) in [5.41, 5.74) is 5.14. The molecule has 1 rings (SSSR count). The summed E-state index contributed by atoms with van der Waals surface area (Å²) < 4.78 is 10.8. The Bertz CT molecular complexity index is 250. The van der Waals surface area contributed by atoms with E-state index in [-0.39, 0.29) is 18.2 Å². The van der Waals surface area contributed by atoms with Gasteiger partial charge in [-0.05, 0) is 27.7 Å². The van der Waals surface area contributed by atoms with E-state index in [1.165, 1.54) is 0 Å². The summed E-state index contributed by atoms with van der Waals surface area (Å²) in [5, 5.41) is 0. The number of hydrogen-bond acceptors (Lipinski definition) is 4. The second-order valence-electron chi connectivity index (χ2n) is 5.17. The van der Waals surface area contributed by atoms with Crippen LogP contribution < -0.4 is 5.73 Å². The highest BCUT2D eigenvalue weighted by Crippen LogP contribution is 2.16. The van der Waals surface area contributed by atoms with Crippen molar-refractivity contribution in [3.63, 3.8) is 0 Å². The Morgan fingerprint density at radius 3 is 2.69 bits per heavy atom. The van der Waals surface area contributed by atoms with Crippen LogP contribution in [0.1, 0.15) is 27.7 Å². The predicted octanol–water partition coefficient (Wildman–Crippen LogP) is 0.970. The van der Waals surface area contributed by atoms with Gasteiger partial charge in [-0.25, -0.2) is 4.79 Å². The fraction of sp³-hybridized carbons (Fsp3) is 0.909. The van der Waals surface area contributed by atoms with Crippen LogP contribution in [0, 0.1) is 0 Å². The molecule has 1 aliphatic rings. The SMILES string of the molecule is C[C@@H]1CN(C(=O)OC(C)(C)C)[C@H](CN)CO1. The molecule has 0 aliphatic carbocycles. The molecule has 1 saturated heterocycles. The van der Waals surface area contributed by atoms with Crippen LogP contribution in [0.5, 0.6) is 0 Å². The van der Waals surface area contributed by atoms with Crippen molar-refractivity contribution < 1.29 is 14.3 Å². The van der Waals surface area contributed by atoms with Crippen LogP contribution in [0.2, 0.25) is 0 Å². The summed E-state index contributed by atoms with van der Waals surface area (Å²) in [4.78, 5) is 13.6. The van der Waals surface area contributed by atoms with E-state index in [4.69, 9.17) is 15.2 Å². The maximum absolute atomic E-state index is 11.9. The van der Waals surface area contributed by atoms with Crippen LogP contribution in [0.3, 0.4) is 0 Å². The molecule has 0 radical (unpaired) electrons. The molecule has 0 bridgehead atoms. The van der Waals surface area contributed by atoms with E-state index >= 15 is 0 Å². The van der Waals surface area contributed by atoms with Gasteiger partial charge < -0.3 is 15.2 Å². The number of carbonyl (C=O) groups is 1. The predicted molar refractivity (Wildman–Crippen MR) is 61.2 cm³/mol. The monoisotopic (exact) mass is 230 g/mol. The van der Waals surface area contributed by atoms with E-state index in [9.17, 15) is 4.79 Å².